The minimum atomic E-state index is -1.13. The second-order valence-electron chi connectivity index (χ2n) is 1.46. The number of rotatable bonds is 2. The van der Waals surface area contributed by atoms with Crippen molar-refractivity contribution < 1.29 is 9.90 Å². The van der Waals surface area contributed by atoms with Crippen LogP contribution < -0.4 is 11.0 Å². The summed E-state index contributed by atoms with van der Waals surface area (Å²) in [7, 11) is 0. The first-order valence-electron chi connectivity index (χ1n) is 2.45. The van der Waals surface area contributed by atoms with Crippen LogP contribution in [0.2, 0.25) is 0 Å². The molecule has 1 rings (SSSR count). The van der Waals surface area contributed by atoms with Gasteiger partial charge in [0.1, 0.15) is 5.88 Å². The van der Waals surface area contributed by atoms with E-state index in [1.165, 1.54) is 16.9 Å². The summed E-state index contributed by atoms with van der Waals surface area (Å²) in [6, 6.07) is 0. The van der Waals surface area contributed by atoms with Crippen LogP contribution in [-0.2, 0) is 0 Å². The zero-order chi connectivity index (χ0) is 7.40. The fourth-order valence-corrected chi connectivity index (χ4v) is 0.921. The van der Waals surface area contributed by atoms with E-state index in [-0.39, 0.29) is 0 Å². The topological polar surface area (TPSA) is 77.0 Å². The third-order valence-electron chi connectivity index (χ3n) is 0.750. The Labute approximate surface area is 61.2 Å². The molecule has 10 heavy (non-hydrogen) atoms. The molecule has 0 bridgehead atoms. The Bertz CT molecular complexity index is 161. The number of hydrogen-bond acceptors (Lipinski definition) is 5. The second kappa shape index (κ2) is 3.28. The third-order valence-corrected chi connectivity index (χ3v) is 1.39. The molecule has 6 nitrogen and oxygen atoms in total. The summed E-state index contributed by atoms with van der Waals surface area (Å²) in [4.78, 5) is 9.90. The highest BCUT2D eigenvalue weighted by Crippen LogP contribution is 2.04. The van der Waals surface area contributed by atoms with E-state index in [2.05, 4.69) is 10.6 Å². The van der Waals surface area contributed by atoms with Gasteiger partial charge in [0, 0.05) is 0 Å². The molecule has 0 saturated carbocycles. The lowest BCUT2D eigenvalue weighted by Gasteiger charge is -2.12. The number of hydrazine groups is 2. The zero-order valence-electron chi connectivity index (χ0n) is 4.94. The SMILES string of the molecule is O=C(O)NNN1CSC=N1. The Balaban J connectivity index is 2.13. The number of carbonyl (C=O) groups is 1. The van der Waals surface area contributed by atoms with Crippen LogP contribution in [0.3, 0.4) is 0 Å². The van der Waals surface area contributed by atoms with E-state index in [9.17, 15) is 4.79 Å². The highest BCUT2D eigenvalue weighted by Gasteiger charge is 2.04. The number of nitrogens with one attached hydrogen (secondary N) is 2. The Morgan fingerprint density at radius 1 is 1.90 bits per heavy atom. The smallest absolute Gasteiger partial charge is 0.420 e. The van der Waals surface area contributed by atoms with Crippen molar-refractivity contribution in [1.29, 1.82) is 0 Å². The van der Waals surface area contributed by atoms with Crippen molar-refractivity contribution in [2.45, 2.75) is 0 Å². The molecule has 0 atom stereocenters. The molecule has 1 aliphatic heterocycles. The summed E-state index contributed by atoms with van der Waals surface area (Å²) in [5.41, 5.74) is 5.92. The molecular formula is C3H6N4O2S. The molecule has 7 heteroatoms. The van der Waals surface area contributed by atoms with Gasteiger partial charge in [0.2, 0.25) is 0 Å². The number of hydrazone groups is 1. The summed E-state index contributed by atoms with van der Waals surface area (Å²) >= 11 is 1.47. The van der Waals surface area contributed by atoms with Crippen molar-refractivity contribution in [2.24, 2.45) is 5.10 Å². The molecule has 0 spiro atoms. The van der Waals surface area contributed by atoms with Gasteiger partial charge >= 0.3 is 6.09 Å². The molecule has 0 radical (unpaired) electrons. The monoisotopic (exact) mass is 162 g/mol. The van der Waals surface area contributed by atoms with Crippen molar-refractivity contribution in [1.82, 2.24) is 16.1 Å². The highest BCUT2D eigenvalue weighted by molar-refractivity contribution is 8.12. The first kappa shape index (κ1) is 7.16. The minimum Gasteiger partial charge on any atom is -0.464 e. The first-order valence-corrected chi connectivity index (χ1v) is 3.50. The van der Waals surface area contributed by atoms with Gasteiger partial charge in [0.25, 0.3) is 0 Å². The largest absolute Gasteiger partial charge is 0.464 e. The first-order chi connectivity index (χ1) is 4.79. The van der Waals surface area contributed by atoms with Crippen LogP contribution >= 0.6 is 11.8 Å². The molecule has 1 heterocycles. The third kappa shape index (κ3) is 2.11. The van der Waals surface area contributed by atoms with E-state index in [1.807, 2.05) is 5.43 Å². The van der Waals surface area contributed by atoms with Crippen LogP contribution in [0.1, 0.15) is 0 Å². The highest BCUT2D eigenvalue weighted by atomic mass is 32.2. The number of thioether (sulfide) groups is 1. The summed E-state index contributed by atoms with van der Waals surface area (Å²) in [5.74, 6) is 0.611. The average Bonchev–Trinajstić information content (AvgIpc) is 2.34. The number of nitrogens with zero attached hydrogens (tertiary/aromatic N) is 2. The van der Waals surface area contributed by atoms with E-state index in [0.29, 0.717) is 5.88 Å². The molecule has 0 unspecified atom stereocenters. The maximum Gasteiger partial charge on any atom is 0.420 e. The van der Waals surface area contributed by atoms with E-state index >= 15 is 0 Å². The zero-order valence-corrected chi connectivity index (χ0v) is 5.76. The van der Waals surface area contributed by atoms with Crippen LogP contribution in [0.25, 0.3) is 0 Å². The number of amides is 1. The van der Waals surface area contributed by atoms with Crippen LogP contribution in [0.5, 0.6) is 0 Å². The number of hydrogen-bond donors (Lipinski definition) is 3. The van der Waals surface area contributed by atoms with E-state index in [0.717, 1.165) is 0 Å². The van der Waals surface area contributed by atoms with Crippen LogP contribution in [-0.4, -0.2) is 27.7 Å². The lowest BCUT2D eigenvalue weighted by atomic mass is 11.2. The van der Waals surface area contributed by atoms with Crippen LogP contribution in [0.4, 0.5) is 4.79 Å². The molecule has 0 aromatic rings. The van der Waals surface area contributed by atoms with Crippen molar-refractivity contribution >= 4 is 23.4 Å². The Morgan fingerprint density at radius 3 is 3.20 bits per heavy atom. The van der Waals surface area contributed by atoms with Gasteiger partial charge in [-0.05, 0) is 0 Å². The van der Waals surface area contributed by atoms with Crippen LogP contribution in [0, 0.1) is 0 Å². The van der Waals surface area contributed by atoms with Crippen LogP contribution in [0.15, 0.2) is 5.10 Å². The molecular weight excluding hydrogens is 156 g/mol. The minimum absolute atomic E-state index is 0.611. The molecule has 3 N–H and O–H groups in total. The Hall–Kier alpha value is -0.950. The maximum atomic E-state index is 9.90. The fourth-order valence-electron chi connectivity index (χ4n) is 0.401. The Kier molecular flexibility index (Phi) is 2.35. The number of carboxylic acid groups (broad SMARTS) is 1. The van der Waals surface area contributed by atoms with E-state index in [1.54, 1.807) is 5.55 Å². The summed E-state index contributed by atoms with van der Waals surface area (Å²) < 4.78 is 0. The van der Waals surface area contributed by atoms with Gasteiger partial charge in [-0.3, -0.25) is 0 Å². The normalized spacial score (nSPS) is 15.8. The quantitative estimate of drug-likeness (QED) is 0.483. The predicted molar refractivity (Wildman–Crippen MR) is 37.1 cm³/mol. The molecule has 1 amide bonds. The lowest BCUT2D eigenvalue weighted by molar-refractivity contribution is 0.153. The van der Waals surface area contributed by atoms with Crippen molar-refractivity contribution in [2.75, 3.05) is 5.88 Å². The molecule has 56 valence electrons. The molecule has 0 fully saturated rings. The predicted octanol–water partition coefficient (Wildman–Crippen LogP) is -0.377. The van der Waals surface area contributed by atoms with Crippen molar-refractivity contribution in [3.05, 3.63) is 0 Å². The second-order valence-corrected chi connectivity index (χ2v) is 2.26. The van der Waals surface area contributed by atoms with E-state index in [4.69, 9.17) is 5.11 Å². The van der Waals surface area contributed by atoms with E-state index < -0.39 is 6.09 Å². The van der Waals surface area contributed by atoms with Gasteiger partial charge < -0.3 is 5.11 Å². The maximum absolute atomic E-state index is 9.90. The summed E-state index contributed by atoms with van der Waals surface area (Å²) in [5, 5.41) is 13.2. The lowest BCUT2D eigenvalue weighted by Crippen LogP contribution is -2.45. The molecule has 0 aromatic carbocycles. The fraction of sp³-hybridized carbons (Fsp3) is 0.333. The summed E-state index contributed by atoms with van der Waals surface area (Å²) in [6.07, 6.45) is -1.13. The Morgan fingerprint density at radius 2 is 2.70 bits per heavy atom. The van der Waals surface area contributed by atoms with Gasteiger partial charge in [-0.2, -0.15) is 5.10 Å². The average molecular weight is 162 g/mol. The molecule has 0 aromatic heterocycles. The van der Waals surface area contributed by atoms with Crippen molar-refractivity contribution in [3.8, 4) is 0 Å². The van der Waals surface area contributed by atoms with Gasteiger partial charge in [-0.1, -0.05) is 11.8 Å². The molecule has 0 aliphatic carbocycles. The van der Waals surface area contributed by atoms with Gasteiger partial charge in [-0.15, -0.1) is 5.53 Å². The van der Waals surface area contributed by atoms with Crippen molar-refractivity contribution in [3.63, 3.8) is 0 Å². The van der Waals surface area contributed by atoms with Gasteiger partial charge in [-0.25, -0.2) is 15.3 Å². The molecule has 0 saturated heterocycles. The van der Waals surface area contributed by atoms with Gasteiger partial charge in [0.15, 0.2) is 0 Å². The molecule has 1 aliphatic rings. The van der Waals surface area contributed by atoms with Gasteiger partial charge in [0.05, 0.1) is 5.55 Å². The standard InChI is InChI=1S/C3H6N4O2S/c8-3(9)5-6-7-2-10-1-4-7/h1,5-6H,2H2,(H,8,9). The summed E-state index contributed by atoms with van der Waals surface area (Å²) in [6.45, 7) is 0.